The fourth-order valence-corrected chi connectivity index (χ4v) is 1.48. The van der Waals surface area contributed by atoms with Crippen molar-refractivity contribution < 1.29 is 4.74 Å². The molecule has 0 heterocycles. The van der Waals surface area contributed by atoms with Gasteiger partial charge in [0, 0.05) is 11.6 Å². The third-order valence-corrected chi connectivity index (χ3v) is 2.75. The maximum atomic E-state index is 5.36. The molecule has 2 heteroatoms. The van der Waals surface area contributed by atoms with Gasteiger partial charge in [0.05, 0.1) is 7.11 Å². The molecule has 0 fully saturated rings. The minimum absolute atomic E-state index is 0.323. The Morgan fingerprint density at radius 2 is 1.79 bits per heavy atom. The quantitative estimate of drug-likeness (QED) is 0.796. The van der Waals surface area contributed by atoms with Gasteiger partial charge in [0.15, 0.2) is 0 Å². The van der Waals surface area contributed by atoms with Crippen LogP contribution < -0.4 is 10.1 Å². The number of hydrogen-bond acceptors (Lipinski definition) is 2. The van der Waals surface area contributed by atoms with Crippen molar-refractivity contribution >= 4 is 0 Å². The van der Waals surface area contributed by atoms with E-state index in [2.05, 4.69) is 38.2 Å². The second-order valence-corrected chi connectivity index (χ2v) is 3.69. The summed E-state index contributed by atoms with van der Waals surface area (Å²) in [7, 11) is 3.68. The van der Waals surface area contributed by atoms with Crippen molar-refractivity contribution in [3.05, 3.63) is 28.8 Å². The van der Waals surface area contributed by atoms with Crippen molar-refractivity contribution in [3.8, 4) is 5.75 Å². The summed E-state index contributed by atoms with van der Waals surface area (Å²) in [4.78, 5) is 0. The molecule has 0 saturated heterocycles. The molecule has 1 unspecified atom stereocenters. The summed E-state index contributed by atoms with van der Waals surface area (Å²) in [6, 6.07) is 4.61. The van der Waals surface area contributed by atoms with Gasteiger partial charge in [0.2, 0.25) is 0 Å². The Bertz CT molecular complexity index is 320. The molecule has 0 radical (unpaired) electrons. The molecule has 0 aliphatic rings. The van der Waals surface area contributed by atoms with Crippen LogP contribution in [-0.4, -0.2) is 14.2 Å². The first kappa shape index (κ1) is 11.1. The molecule has 2 nitrogen and oxygen atoms in total. The zero-order valence-electron chi connectivity index (χ0n) is 9.64. The number of ether oxygens (including phenoxy) is 1. The topological polar surface area (TPSA) is 21.3 Å². The van der Waals surface area contributed by atoms with E-state index in [0.717, 1.165) is 5.75 Å². The molecule has 78 valence electrons. The van der Waals surface area contributed by atoms with Gasteiger partial charge in [0.25, 0.3) is 0 Å². The fraction of sp³-hybridized carbons (Fsp3) is 0.500. The van der Waals surface area contributed by atoms with Crippen LogP contribution in [-0.2, 0) is 0 Å². The summed E-state index contributed by atoms with van der Waals surface area (Å²) in [5.74, 6) is 0.968. The van der Waals surface area contributed by atoms with Crippen LogP contribution >= 0.6 is 0 Å². The summed E-state index contributed by atoms with van der Waals surface area (Å²) >= 11 is 0. The van der Waals surface area contributed by atoms with Crippen LogP contribution in [0, 0.1) is 13.8 Å². The van der Waals surface area contributed by atoms with E-state index in [-0.39, 0.29) is 0 Å². The van der Waals surface area contributed by atoms with Gasteiger partial charge in [0.1, 0.15) is 5.75 Å². The molecule has 0 amide bonds. The molecule has 1 aromatic carbocycles. The van der Waals surface area contributed by atoms with E-state index in [1.807, 2.05) is 7.05 Å². The highest BCUT2D eigenvalue weighted by atomic mass is 16.5. The molecule has 1 rings (SSSR count). The number of hydrogen-bond donors (Lipinski definition) is 1. The van der Waals surface area contributed by atoms with Gasteiger partial charge in [-0.3, -0.25) is 0 Å². The normalized spacial score (nSPS) is 12.6. The minimum atomic E-state index is 0.323. The number of benzene rings is 1. The lowest BCUT2D eigenvalue weighted by Crippen LogP contribution is -2.13. The van der Waals surface area contributed by atoms with E-state index in [1.165, 1.54) is 16.7 Å². The predicted molar refractivity (Wildman–Crippen MR) is 59.9 cm³/mol. The second kappa shape index (κ2) is 4.47. The molecule has 1 atom stereocenters. The molecule has 14 heavy (non-hydrogen) atoms. The molecule has 0 spiro atoms. The third-order valence-electron chi connectivity index (χ3n) is 2.75. The molecular formula is C12H19NO. The average Bonchev–Trinajstić information content (AvgIpc) is 2.20. The van der Waals surface area contributed by atoms with Crippen molar-refractivity contribution in [1.29, 1.82) is 0 Å². The molecule has 0 aromatic heterocycles. The van der Waals surface area contributed by atoms with E-state index in [9.17, 15) is 0 Å². The first-order chi connectivity index (χ1) is 6.60. The molecule has 1 aromatic rings. The van der Waals surface area contributed by atoms with E-state index < -0.39 is 0 Å². The van der Waals surface area contributed by atoms with Crippen LogP contribution in [0.25, 0.3) is 0 Å². The van der Waals surface area contributed by atoms with Crippen LogP contribution in [0.3, 0.4) is 0 Å². The van der Waals surface area contributed by atoms with Crippen molar-refractivity contribution in [3.63, 3.8) is 0 Å². The van der Waals surface area contributed by atoms with Gasteiger partial charge < -0.3 is 10.1 Å². The Kier molecular flexibility index (Phi) is 3.53. The Hall–Kier alpha value is -1.02. The number of rotatable bonds is 3. The van der Waals surface area contributed by atoms with Gasteiger partial charge in [-0.2, -0.15) is 0 Å². The van der Waals surface area contributed by atoms with Crippen LogP contribution in [0.5, 0.6) is 5.75 Å². The molecular weight excluding hydrogens is 174 g/mol. The first-order valence-corrected chi connectivity index (χ1v) is 4.92. The summed E-state index contributed by atoms with van der Waals surface area (Å²) in [5, 5.41) is 3.22. The SMILES string of the molecule is CNC(C)c1cc(C)c(C)cc1OC. The Morgan fingerprint density at radius 3 is 2.29 bits per heavy atom. The number of aryl methyl sites for hydroxylation is 2. The Morgan fingerprint density at radius 1 is 1.21 bits per heavy atom. The Labute approximate surface area is 86.3 Å². The standard InChI is InChI=1S/C12H19NO/c1-8-6-11(10(3)13-4)12(14-5)7-9(8)2/h6-7,10,13H,1-5H3. The highest BCUT2D eigenvalue weighted by Crippen LogP contribution is 2.27. The average molecular weight is 193 g/mol. The maximum Gasteiger partial charge on any atom is 0.123 e. The molecule has 1 N–H and O–H groups in total. The summed E-state index contributed by atoms with van der Waals surface area (Å²) in [6.07, 6.45) is 0. The highest BCUT2D eigenvalue weighted by Gasteiger charge is 2.10. The predicted octanol–water partition coefficient (Wildman–Crippen LogP) is 2.59. The summed E-state index contributed by atoms with van der Waals surface area (Å²) < 4.78 is 5.36. The summed E-state index contributed by atoms with van der Waals surface area (Å²) in [6.45, 7) is 6.36. The van der Waals surface area contributed by atoms with Crippen LogP contribution in [0.4, 0.5) is 0 Å². The smallest absolute Gasteiger partial charge is 0.123 e. The third kappa shape index (κ3) is 2.07. The Balaban J connectivity index is 3.19. The van der Waals surface area contributed by atoms with E-state index in [1.54, 1.807) is 7.11 Å². The van der Waals surface area contributed by atoms with Crippen molar-refractivity contribution in [1.82, 2.24) is 5.32 Å². The lowest BCUT2D eigenvalue weighted by Gasteiger charge is -2.17. The van der Waals surface area contributed by atoms with Crippen LogP contribution in [0.1, 0.15) is 29.7 Å². The van der Waals surface area contributed by atoms with Gasteiger partial charge in [-0.25, -0.2) is 0 Å². The van der Waals surface area contributed by atoms with Crippen LogP contribution in [0.15, 0.2) is 12.1 Å². The van der Waals surface area contributed by atoms with Gasteiger partial charge in [-0.1, -0.05) is 6.07 Å². The molecule has 0 saturated carbocycles. The largest absolute Gasteiger partial charge is 0.496 e. The van der Waals surface area contributed by atoms with Crippen LogP contribution in [0.2, 0.25) is 0 Å². The molecule has 0 aliphatic heterocycles. The van der Waals surface area contributed by atoms with E-state index in [0.29, 0.717) is 6.04 Å². The minimum Gasteiger partial charge on any atom is -0.496 e. The zero-order valence-corrected chi connectivity index (χ0v) is 9.64. The van der Waals surface area contributed by atoms with Crippen molar-refractivity contribution in [2.75, 3.05) is 14.2 Å². The first-order valence-electron chi connectivity index (χ1n) is 4.92. The van der Waals surface area contributed by atoms with Gasteiger partial charge in [-0.05, 0) is 45.0 Å². The second-order valence-electron chi connectivity index (χ2n) is 3.69. The molecule has 0 aliphatic carbocycles. The maximum absolute atomic E-state index is 5.36. The zero-order chi connectivity index (χ0) is 10.7. The number of nitrogens with one attached hydrogen (secondary N) is 1. The van der Waals surface area contributed by atoms with Crippen molar-refractivity contribution in [2.45, 2.75) is 26.8 Å². The lowest BCUT2D eigenvalue weighted by atomic mass is 10.0. The summed E-state index contributed by atoms with van der Waals surface area (Å²) in [5.41, 5.74) is 3.80. The molecule has 0 bridgehead atoms. The monoisotopic (exact) mass is 193 g/mol. The van der Waals surface area contributed by atoms with Crippen molar-refractivity contribution in [2.24, 2.45) is 0 Å². The number of methoxy groups -OCH3 is 1. The van der Waals surface area contributed by atoms with E-state index >= 15 is 0 Å². The highest BCUT2D eigenvalue weighted by molar-refractivity contribution is 5.43. The van der Waals surface area contributed by atoms with Gasteiger partial charge in [-0.15, -0.1) is 0 Å². The lowest BCUT2D eigenvalue weighted by molar-refractivity contribution is 0.403. The van der Waals surface area contributed by atoms with E-state index in [4.69, 9.17) is 4.74 Å². The fourth-order valence-electron chi connectivity index (χ4n) is 1.48. The van der Waals surface area contributed by atoms with Gasteiger partial charge >= 0.3 is 0 Å².